The van der Waals surface area contributed by atoms with Gasteiger partial charge in [-0.2, -0.15) is 0 Å². The van der Waals surface area contributed by atoms with Gasteiger partial charge in [0.05, 0.1) is 19.2 Å². The number of halogens is 2. The Morgan fingerprint density at radius 2 is 1.66 bits per heavy atom. The van der Waals surface area contributed by atoms with Crippen LogP contribution in [-0.4, -0.2) is 14.2 Å². The summed E-state index contributed by atoms with van der Waals surface area (Å²) in [7, 11) is 3.24. The SMILES string of the molecule is COc1ccccc1CNCc1ccc(OCc2c(F)cccc2Cl)c(OC)c1. The molecule has 0 aromatic heterocycles. The van der Waals surface area contributed by atoms with Crippen molar-refractivity contribution in [2.75, 3.05) is 14.2 Å². The summed E-state index contributed by atoms with van der Waals surface area (Å²) >= 11 is 6.06. The van der Waals surface area contributed by atoms with Crippen LogP contribution in [0.1, 0.15) is 16.7 Å². The van der Waals surface area contributed by atoms with E-state index in [0.717, 1.165) is 16.9 Å². The molecule has 0 unspecified atom stereocenters. The molecule has 0 saturated heterocycles. The van der Waals surface area contributed by atoms with Gasteiger partial charge in [-0.25, -0.2) is 4.39 Å². The average Bonchev–Trinajstić information content (AvgIpc) is 2.74. The highest BCUT2D eigenvalue weighted by Crippen LogP contribution is 2.30. The summed E-state index contributed by atoms with van der Waals surface area (Å²) in [4.78, 5) is 0. The summed E-state index contributed by atoms with van der Waals surface area (Å²) in [6.45, 7) is 1.34. The molecule has 0 saturated carbocycles. The first-order valence-corrected chi connectivity index (χ1v) is 9.55. The van der Waals surface area contributed by atoms with Gasteiger partial charge in [-0.05, 0) is 35.9 Å². The van der Waals surface area contributed by atoms with Crippen molar-refractivity contribution in [1.82, 2.24) is 5.32 Å². The van der Waals surface area contributed by atoms with E-state index >= 15 is 0 Å². The van der Waals surface area contributed by atoms with Gasteiger partial charge in [0.15, 0.2) is 11.5 Å². The van der Waals surface area contributed by atoms with E-state index in [1.165, 1.54) is 6.07 Å². The van der Waals surface area contributed by atoms with Crippen molar-refractivity contribution < 1.29 is 18.6 Å². The Bertz CT molecular complexity index is 944. The molecular formula is C23H23ClFNO3. The van der Waals surface area contributed by atoms with E-state index in [1.807, 2.05) is 42.5 Å². The van der Waals surface area contributed by atoms with Crippen LogP contribution in [0, 0.1) is 5.82 Å². The lowest BCUT2D eigenvalue weighted by Crippen LogP contribution is -2.13. The molecule has 0 radical (unpaired) electrons. The highest BCUT2D eigenvalue weighted by Gasteiger charge is 2.11. The van der Waals surface area contributed by atoms with Crippen LogP contribution < -0.4 is 19.5 Å². The van der Waals surface area contributed by atoms with Crippen molar-refractivity contribution in [2.24, 2.45) is 0 Å². The predicted octanol–water partition coefficient (Wildman–Crippen LogP) is 5.37. The summed E-state index contributed by atoms with van der Waals surface area (Å²) in [5, 5.41) is 3.73. The van der Waals surface area contributed by atoms with Gasteiger partial charge in [0.2, 0.25) is 0 Å². The fraction of sp³-hybridized carbons (Fsp3) is 0.217. The molecule has 29 heavy (non-hydrogen) atoms. The zero-order valence-corrected chi connectivity index (χ0v) is 17.1. The third-order valence-electron chi connectivity index (χ3n) is 4.50. The van der Waals surface area contributed by atoms with Crippen LogP contribution in [0.15, 0.2) is 60.7 Å². The van der Waals surface area contributed by atoms with Crippen molar-refractivity contribution >= 4 is 11.6 Å². The zero-order chi connectivity index (χ0) is 20.6. The summed E-state index contributed by atoms with van der Waals surface area (Å²) in [5.41, 5.74) is 2.44. The van der Waals surface area contributed by atoms with E-state index in [2.05, 4.69) is 5.32 Å². The summed E-state index contributed by atoms with van der Waals surface area (Å²) < 4.78 is 30.5. The molecular weight excluding hydrogens is 393 g/mol. The van der Waals surface area contributed by atoms with E-state index in [4.69, 9.17) is 25.8 Å². The molecule has 0 aliphatic heterocycles. The minimum atomic E-state index is -0.395. The Morgan fingerprint density at radius 1 is 0.862 bits per heavy atom. The van der Waals surface area contributed by atoms with E-state index in [9.17, 15) is 4.39 Å². The lowest BCUT2D eigenvalue weighted by molar-refractivity contribution is 0.279. The van der Waals surface area contributed by atoms with Gasteiger partial charge in [0.25, 0.3) is 0 Å². The van der Waals surface area contributed by atoms with Crippen LogP contribution in [-0.2, 0) is 19.7 Å². The molecule has 4 nitrogen and oxygen atoms in total. The van der Waals surface area contributed by atoms with Crippen molar-refractivity contribution in [3.05, 3.63) is 88.2 Å². The summed E-state index contributed by atoms with van der Waals surface area (Å²) in [5.74, 6) is 1.57. The second-order valence-electron chi connectivity index (χ2n) is 6.39. The van der Waals surface area contributed by atoms with Gasteiger partial charge in [0.1, 0.15) is 18.2 Å². The number of rotatable bonds is 9. The number of benzene rings is 3. The second-order valence-corrected chi connectivity index (χ2v) is 6.80. The van der Waals surface area contributed by atoms with Crippen molar-refractivity contribution in [3.63, 3.8) is 0 Å². The Balaban J connectivity index is 1.62. The third kappa shape index (κ3) is 5.40. The van der Waals surface area contributed by atoms with Crippen molar-refractivity contribution in [1.29, 1.82) is 0 Å². The van der Waals surface area contributed by atoms with Gasteiger partial charge in [-0.3, -0.25) is 0 Å². The molecule has 152 valence electrons. The normalized spacial score (nSPS) is 10.6. The zero-order valence-electron chi connectivity index (χ0n) is 16.4. The first-order chi connectivity index (χ1) is 14.1. The van der Waals surface area contributed by atoms with E-state index in [-0.39, 0.29) is 6.61 Å². The number of ether oxygens (including phenoxy) is 3. The van der Waals surface area contributed by atoms with Gasteiger partial charge in [-0.1, -0.05) is 41.9 Å². The average molecular weight is 416 g/mol. The Hall–Kier alpha value is -2.76. The van der Waals surface area contributed by atoms with Crippen molar-refractivity contribution in [3.8, 4) is 17.2 Å². The minimum Gasteiger partial charge on any atom is -0.496 e. The van der Waals surface area contributed by atoms with E-state index in [1.54, 1.807) is 26.4 Å². The molecule has 0 heterocycles. The first kappa shape index (κ1) is 21.0. The van der Waals surface area contributed by atoms with Crippen LogP contribution in [0.25, 0.3) is 0 Å². The quantitative estimate of drug-likeness (QED) is 0.510. The first-order valence-electron chi connectivity index (χ1n) is 9.17. The smallest absolute Gasteiger partial charge is 0.161 e. The molecule has 1 N–H and O–H groups in total. The van der Waals surface area contributed by atoms with Gasteiger partial charge < -0.3 is 19.5 Å². The Morgan fingerprint density at radius 3 is 2.41 bits per heavy atom. The van der Waals surface area contributed by atoms with Crippen LogP contribution >= 0.6 is 11.6 Å². The molecule has 0 fully saturated rings. The Labute approximate surface area is 175 Å². The monoisotopic (exact) mass is 415 g/mol. The Kier molecular flexibility index (Phi) is 7.33. The second kappa shape index (κ2) is 10.1. The molecule has 3 aromatic carbocycles. The number of hydrogen-bond acceptors (Lipinski definition) is 4. The largest absolute Gasteiger partial charge is 0.496 e. The van der Waals surface area contributed by atoms with E-state index in [0.29, 0.717) is 35.2 Å². The predicted molar refractivity (Wildman–Crippen MR) is 112 cm³/mol. The lowest BCUT2D eigenvalue weighted by Gasteiger charge is -2.14. The lowest BCUT2D eigenvalue weighted by atomic mass is 10.1. The molecule has 0 atom stereocenters. The standard InChI is InChI=1S/C23H23ClFNO3/c1-27-21-9-4-3-6-17(21)14-26-13-16-10-11-22(23(12-16)28-2)29-15-18-19(24)7-5-8-20(18)25/h3-12,26H,13-15H2,1-2H3. The third-order valence-corrected chi connectivity index (χ3v) is 4.85. The van der Waals surface area contributed by atoms with Gasteiger partial charge in [0, 0.05) is 24.2 Å². The molecule has 0 spiro atoms. The highest BCUT2D eigenvalue weighted by molar-refractivity contribution is 6.31. The van der Waals surface area contributed by atoms with Gasteiger partial charge >= 0.3 is 0 Å². The number of methoxy groups -OCH3 is 2. The van der Waals surface area contributed by atoms with Crippen LogP contribution in [0.4, 0.5) is 4.39 Å². The maximum atomic E-state index is 13.9. The number of para-hydroxylation sites is 1. The fourth-order valence-electron chi connectivity index (χ4n) is 2.95. The maximum Gasteiger partial charge on any atom is 0.161 e. The molecule has 3 aromatic rings. The van der Waals surface area contributed by atoms with Crippen LogP contribution in [0.5, 0.6) is 17.2 Å². The maximum absolute atomic E-state index is 13.9. The highest BCUT2D eigenvalue weighted by atomic mass is 35.5. The fourth-order valence-corrected chi connectivity index (χ4v) is 3.17. The van der Waals surface area contributed by atoms with Crippen LogP contribution in [0.2, 0.25) is 5.02 Å². The molecule has 6 heteroatoms. The van der Waals surface area contributed by atoms with E-state index < -0.39 is 5.82 Å². The number of hydrogen-bond donors (Lipinski definition) is 1. The van der Waals surface area contributed by atoms with Crippen molar-refractivity contribution in [2.45, 2.75) is 19.7 Å². The number of nitrogens with one attached hydrogen (secondary N) is 1. The topological polar surface area (TPSA) is 39.7 Å². The van der Waals surface area contributed by atoms with Crippen LogP contribution in [0.3, 0.4) is 0 Å². The van der Waals surface area contributed by atoms with Gasteiger partial charge in [-0.15, -0.1) is 0 Å². The molecule has 0 amide bonds. The molecule has 0 aliphatic rings. The molecule has 0 aliphatic carbocycles. The summed E-state index contributed by atoms with van der Waals surface area (Å²) in [6.07, 6.45) is 0. The molecule has 0 bridgehead atoms. The molecule has 3 rings (SSSR count). The minimum absolute atomic E-state index is 0.0211. The summed E-state index contributed by atoms with van der Waals surface area (Å²) in [6, 6.07) is 18.1.